The lowest BCUT2D eigenvalue weighted by Gasteiger charge is -2.25. The molecule has 0 aromatic carbocycles. The minimum Gasteiger partial charge on any atom is -0.460 e. The van der Waals surface area contributed by atoms with Gasteiger partial charge in [0.2, 0.25) is 5.91 Å². The zero-order valence-electron chi connectivity index (χ0n) is 23.0. The average molecular weight is 535 g/mol. The largest absolute Gasteiger partial charge is 0.460 e. The summed E-state index contributed by atoms with van der Waals surface area (Å²) in [6, 6.07) is -2.30. The summed E-state index contributed by atoms with van der Waals surface area (Å²) in [4.78, 5) is 49.9. The molecule has 36 heavy (non-hydrogen) atoms. The molecule has 0 aromatic heterocycles. The minimum atomic E-state index is -3.56. The number of nitrogens with one attached hydrogen (secondary N) is 2. The molecule has 0 saturated carbocycles. The van der Waals surface area contributed by atoms with Crippen molar-refractivity contribution in [2.24, 2.45) is 0 Å². The van der Waals surface area contributed by atoms with Crippen molar-refractivity contribution < 1.29 is 41.8 Å². The van der Waals surface area contributed by atoms with Gasteiger partial charge in [-0.3, -0.25) is 14.4 Å². The molecule has 0 aromatic rings. The van der Waals surface area contributed by atoms with E-state index >= 15 is 0 Å². The number of amides is 2. The molecule has 0 aliphatic carbocycles. The number of sulfone groups is 1. The fraction of sp³-hybridized carbons (Fsp3) is 0.750. The predicted molar refractivity (Wildman–Crippen MR) is 135 cm³/mol. The number of hydrogen-bond donors (Lipinski definition) is 2. The second-order valence-electron chi connectivity index (χ2n) is 11.4. The van der Waals surface area contributed by atoms with Crippen LogP contribution in [0.2, 0.25) is 0 Å². The molecule has 11 nitrogen and oxygen atoms in total. The van der Waals surface area contributed by atoms with Crippen LogP contribution in [-0.2, 0) is 38.4 Å². The number of hydrogen-bond acceptors (Lipinski definition) is 9. The van der Waals surface area contributed by atoms with Crippen molar-refractivity contribution >= 4 is 33.8 Å². The van der Waals surface area contributed by atoms with Gasteiger partial charge >= 0.3 is 18.0 Å². The van der Waals surface area contributed by atoms with Gasteiger partial charge in [0, 0.05) is 18.1 Å². The summed E-state index contributed by atoms with van der Waals surface area (Å²) < 4.78 is 38.9. The number of ether oxygens (including phenoxy) is 3. The molecule has 0 heterocycles. The van der Waals surface area contributed by atoms with Gasteiger partial charge in [-0.05, 0) is 68.7 Å². The van der Waals surface area contributed by atoms with E-state index < -0.39 is 62.7 Å². The first-order valence-electron chi connectivity index (χ1n) is 11.6. The van der Waals surface area contributed by atoms with Gasteiger partial charge in [-0.1, -0.05) is 6.08 Å². The molecule has 0 bridgehead atoms. The van der Waals surface area contributed by atoms with Gasteiger partial charge in [0.1, 0.15) is 22.8 Å². The van der Waals surface area contributed by atoms with E-state index in [1.807, 2.05) is 0 Å². The van der Waals surface area contributed by atoms with Crippen LogP contribution in [0.4, 0.5) is 4.79 Å². The van der Waals surface area contributed by atoms with Crippen molar-refractivity contribution in [2.45, 2.75) is 110 Å². The van der Waals surface area contributed by atoms with E-state index in [0.717, 1.165) is 17.7 Å². The maximum absolute atomic E-state index is 13.1. The lowest BCUT2D eigenvalue weighted by Crippen LogP contribution is -2.51. The maximum Gasteiger partial charge on any atom is 0.408 e. The van der Waals surface area contributed by atoms with Crippen LogP contribution in [0, 0.1) is 0 Å². The summed E-state index contributed by atoms with van der Waals surface area (Å²) >= 11 is 0. The Kier molecular flexibility index (Phi) is 12.1. The molecule has 12 heteroatoms. The molecule has 2 amide bonds. The average Bonchev–Trinajstić information content (AvgIpc) is 2.57. The number of rotatable bonds is 10. The second kappa shape index (κ2) is 13.1. The maximum atomic E-state index is 13.1. The SMILES string of the molecule is CC(C)(C)OC(=O)CC[C@H](NC(=O)OC(C)(C)C)C(=O)N[C@H](C=CS(C)(=O)=O)CC(=O)OC(C)(C)C. The van der Waals surface area contributed by atoms with Crippen LogP contribution >= 0.6 is 0 Å². The predicted octanol–water partition coefficient (Wildman–Crippen LogP) is 2.78. The molecule has 2 N–H and O–H groups in total. The second-order valence-corrected chi connectivity index (χ2v) is 13.3. The smallest absolute Gasteiger partial charge is 0.408 e. The van der Waals surface area contributed by atoms with Crippen LogP contribution < -0.4 is 10.6 Å². The van der Waals surface area contributed by atoms with E-state index in [-0.39, 0.29) is 19.3 Å². The topological polar surface area (TPSA) is 154 Å². The standard InChI is InChI=1S/C24H42N2O9S/c1-22(2,3)33-18(27)12-11-17(26-21(30)35-24(7,8)9)20(29)25-16(13-14-36(10,31)32)15-19(28)34-23(4,5)6/h13-14,16-17H,11-12,15H2,1-10H3,(H,25,29)(H,26,30)/t16-,17+/m1/s1. The fourth-order valence-electron chi connectivity index (χ4n) is 2.62. The number of esters is 2. The van der Waals surface area contributed by atoms with Gasteiger partial charge in [-0.25, -0.2) is 13.2 Å². The molecule has 0 rings (SSSR count). The lowest BCUT2D eigenvalue weighted by molar-refractivity contribution is -0.156. The molecule has 208 valence electrons. The highest BCUT2D eigenvalue weighted by molar-refractivity contribution is 7.93. The summed E-state index contributed by atoms with van der Waals surface area (Å²) in [5.74, 6) is -2.00. The van der Waals surface area contributed by atoms with E-state index in [4.69, 9.17) is 14.2 Å². The first-order valence-corrected chi connectivity index (χ1v) is 13.5. The quantitative estimate of drug-likeness (QED) is 0.318. The van der Waals surface area contributed by atoms with Crippen LogP contribution in [0.3, 0.4) is 0 Å². The zero-order chi connectivity index (χ0) is 28.5. The molecule has 0 saturated heterocycles. The number of carbonyl (C=O) groups excluding carboxylic acids is 4. The molecule has 0 unspecified atom stereocenters. The lowest BCUT2D eigenvalue weighted by atomic mass is 10.1. The first-order chi connectivity index (χ1) is 16.0. The van der Waals surface area contributed by atoms with Gasteiger partial charge in [0.05, 0.1) is 12.5 Å². The van der Waals surface area contributed by atoms with Crippen molar-refractivity contribution in [1.82, 2.24) is 10.6 Å². The molecule has 0 aliphatic rings. The molecule has 0 aliphatic heterocycles. The first kappa shape index (κ1) is 33.4. The zero-order valence-corrected chi connectivity index (χ0v) is 23.8. The van der Waals surface area contributed by atoms with Gasteiger partial charge in [0.15, 0.2) is 9.84 Å². The van der Waals surface area contributed by atoms with Crippen LogP contribution in [0.25, 0.3) is 0 Å². The molecule has 0 spiro atoms. The fourth-order valence-corrected chi connectivity index (χ4v) is 3.10. The van der Waals surface area contributed by atoms with Crippen molar-refractivity contribution in [2.75, 3.05) is 6.26 Å². The Morgan fingerprint density at radius 2 is 1.25 bits per heavy atom. The van der Waals surface area contributed by atoms with Crippen molar-refractivity contribution in [3.8, 4) is 0 Å². The van der Waals surface area contributed by atoms with Crippen molar-refractivity contribution in [1.29, 1.82) is 0 Å². The number of alkyl carbamates (subject to hydrolysis) is 1. The summed E-state index contributed by atoms with van der Waals surface area (Å²) in [5, 5.41) is 5.81. The molecular formula is C24H42N2O9S. The molecule has 2 atom stereocenters. The third-order valence-corrected chi connectivity index (χ3v) is 4.41. The highest BCUT2D eigenvalue weighted by Gasteiger charge is 2.28. The van der Waals surface area contributed by atoms with Gasteiger partial charge < -0.3 is 24.8 Å². The highest BCUT2D eigenvalue weighted by Crippen LogP contribution is 2.13. The third-order valence-electron chi connectivity index (χ3n) is 3.76. The van der Waals surface area contributed by atoms with Crippen molar-refractivity contribution in [3.05, 3.63) is 11.5 Å². The minimum absolute atomic E-state index is 0.130. The molecular weight excluding hydrogens is 492 g/mol. The van der Waals surface area contributed by atoms with E-state index in [1.165, 1.54) is 0 Å². The van der Waals surface area contributed by atoms with E-state index in [2.05, 4.69) is 10.6 Å². The summed E-state index contributed by atoms with van der Waals surface area (Å²) in [7, 11) is -3.56. The van der Waals surface area contributed by atoms with Crippen LogP contribution in [0.5, 0.6) is 0 Å². The Morgan fingerprint density at radius 1 is 0.778 bits per heavy atom. The van der Waals surface area contributed by atoms with Crippen molar-refractivity contribution in [3.63, 3.8) is 0 Å². The van der Waals surface area contributed by atoms with Gasteiger partial charge in [0.25, 0.3) is 0 Å². The van der Waals surface area contributed by atoms with E-state index in [1.54, 1.807) is 62.3 Å². The van der Waals surface area contributed by atoms with Crippen LogP contribution in [0.15, 0.2) is 11.5 Å². The van der Waals surface area contributed by atoms with Crippen LogP contribution in [0.1, 0.15) is 81.6 Å². The van der Waals surface area contributed by atoms with Gasteiger partial charge in [-0.15, -0.1) is 0 Å². The Hall–Kier alpha value is -2.63. The normalized spacial score (nSPS) is 14.5. The summed E-state index contributed by atoms with van der Waals surface area (Å²) in [6.07, 6.45) is 0.539. The Bertz CT molecular complexity index is 921. The van der Waals surface area contributed by atoms with Gasteiger partial charge in [-0.2, -0.15) is 0 Å². The Balaban J connectivity index is 5.73. The highest BCUT2D eigenvalue weighted by atomic mass is 32.2. The monoisotopic (exact) mass is 534 g/mol. The Morgan fingerprint density at radius 3 is 1.69 bits per heavy atom. The Labute approximate surface area is 214 Å². The van der Waals surface area contributed by atoms with Crippen LogP contribution in [-0.4, -0.2) is 67.5 Å². The molecule has 0 fully saturated rings. The summed E-state index contributed by atoms with van der Waals surface area (Å²) in [6.45, 7) is 15.0. The third kappa shape index (κ3) is 18.7. The summed E-state index contributed by atoms with van der Waals surface area (Å²) in [5.41, 5.74) is -2.36. The molecule has 0 radical (unpaired) electrons. The van der Waals surface area contributed by atoms with E-state index in [9.17, 15) is 27.6 Å². The number of carbonyl (C=O) groups is 4. The van der Waals surface area contributed by atoms with E-state index in [0.29, 0.717) is 0 Å².